The van der Waals surface area contributed by atoms with E-state index in [1.54, 1.807) is 6.20 Å². The molecule has 1 aromatic rings. The molecule has 0 radical (unpaired) electrons. The Kier molecular flexibility index (Phi) is 3.36. The molecule has 0 aromatic carbocycles. The highest BCUT2D eigenvalue weighted by Gasteiger charge is 2.19. The van der Waals surface area contributed by atoms with Gasteiger partial charge in [0, 0.05) is 12.1 Å². The fourth-order valence-corrected chi connectivity index (χ4v) is 2.44. The molecule has 0 fully saturated rings. The molecular weight excluding hydrogens is 222 g/mol. The van der Waals surface area contributed by atoms with Gasteiger partial charge < -0.3 is 5.73 Å². The minimum Gasteiger partial charge on any atom is -0.324 e. The van der Waals surface area contributed by atoms with Crippen molar-refractivity contribution in [3.05, 3.63) is 23.0 Å². The van der Waals surface area contributed by atoms with Gasteiger partial charge in [-0.25, -0.2) is 0 Å². The van der Waals surface area contributed by atoms with Crippen LogP contribution in [0.15, 0.2) is 12.3 Å². The van der Waals surface area contributed by atoms with Gasteiger partial charge in [-0.3, -0.25) is 4.68 Å². The Balaban J connectivity index is 2.42. The third-order valence-corrected chi connectivity index (χ3v) is 3.22. The number of nitrogens with zero attached hydrogens (tertiary/aromatic N) is 2. The van der Waals surface area contributed by atoms with Crippen molar-refractivity contribution in [3.8, 4) is 0 Å². The molecule has 88 valence electrons. The van der Waals surface area contributed by atoms with Gasteiger partial charge in [-0.1, -0.05) is 17.7 Å². The molecule has 1 aromatic heterocycles. The summed E-state index contributed by atoms with van der Waals surface area (Å²) in [4.78, 5) is 0. The van der Waals surface area contributed by atoms with Crippen molar-refractivity contribution in [1.82, 2.24) is 9.78 Å². The van der Waals surface area contributed by atoms with Crippen molar-refractivity contribution in [2.24, 2.45) is 5.73 Å². The Morgan fingerprint density at radius 1 is 1.56 bits per heavy atom. The fourth-order valence-electron chi connectivity index (χ4n) is 2.18. The summed E-state index contributed by atoms with van der Waals surface area (Å²) in [7, 11) is 0. The lowest BCUT2D eigenvalue weighted by Gasteiger charge is -2.20. The Bertz CT molecular complexity index is 406. The van der Waals surface area contributed by atoms with Crippen LogP contribution in [-0.2, 0) is 0 Å². The van der Waals surface area contributed by atoms with E-state index in [1.165, 1.54) is 5.57 Å². The third kappa shape index (κ3) is 2.15. The first kappa shape index (κ1) is 11.7. The molecule has 1 aliphatic carbocycles. The van der Waals surface area contributed by atoms with Crippen molar-refractivity contribution in [3.63, 3.8) is 0 Å². The Hall–Kier alpha value is -0.800. The lowest BCUT2D eigenvalue weighted by molar-refractivity contribution is 0.523. The molecule has 0 amide bonds. The van der Waals surface area contributed by atoms with Crippen LogP contribution in [0.3, 0.4) is 0 Å². The summed E-state index contributed by atoms with van der Waals surface area (Å²) in [5.74, 6) is 0. The second-order valence-corrected chi connectivity index (χ2v) is 5.03. The van der Waals surface area contributed by atoms with Gasteiger partial charge in [-0.05, 0) is 38.7 Å². The molecule has 0 aliphatic heterocycles. The van der Waals surface area contributed by atoms with Gasteiger partial charge in [0.1, 0.15) is 0 Å². The predicted octanol–water partition coefficient (Wildman–Crippen LogP) is 3.01. The van der Waals surface area contributed by atoms with Crippen molar-refractivity contribution < 1.29 is 0 Å². The van der Waals surface area contributed by atoms with Crippen LogP contribution in [0.4, 0.5) is 0 Å². The van der Waals surface area contributed by atoms with Gasteiger partial charge in [-0.2, -0.15) is 5.10 Å². The molecule has 0 saturated carbocycles. The van der Waals surface area contributed by atoms with Crippen molar-refractivity contribution in [2.45, 2.75) is 45.2 Å². The van der Waals surface area contributed by atoms with E-state index in [4.69, 9.17) is 17.3 Å². The monoisotopic (exact) mass is 239 g/mol. The highest BCUT2D eigenvalue weighted by molar-refractivity contribution is 6.32. The third-order valence-electron chi connectivity index (χ3n) is 2.94. The summed E-state index contributed by atoms with van der Waals surface area (Å²) < 4.78 is 1.98. The van der Waals surface area contributed by atoms with Crippen LogP contribution in [-0.4, -0.2) is 15.8 Å². The Morgan fingerprint density at radius 3 is 2.94 bits per heavy atom. The zero-order valence-corrected chi connectivity index (χ0v) is 10.5. The first-order valence-electron chi connectivity index (χ1n) is 5.79. The molecule has 0 spiro atoms. The summed E-state index contributed by atoms with van der Waals surface area (Å²) in [6, 6.07) is 0.483. The number of hydrogen-bond acceptors (Lipinski definition) is 2. The van der Waals surface area contributed by atoms with E-state index < -0.39 is 0 Å². The van der Waals surface area contributed by atoms with Crippen LogP contribution in [0, 0.1) is 0 Å². The first-order valence-corrected chi connectivity index (χ1v) is 6.17. The molecule has 1 atom stereocenters. The summed E-state index contributed by atoms with van der Waals surface area (Å²) >= 11 is 6.21. The van der Waals surface area contributed by atoms with Gasteiger partial charge in [0.05, 0.1) is 16.9 Å². The van der Waals surface area contributed by atoms with E-state index in [2.05, 4.69) is 25.0 Å². The molecule has 16 heavy (non-hydrogen) atoms. The lowest BCUT2D eigenvalue weighted by atomic mass is 9.94. The highest BCUT2D eigenvalue weighted by Crippen LogP contribution is 2.32. The maximum absolute atomic E-state index is 6.21. The standard InChI is InChI=1S/C12H18ClN3/c1-8(2)16-12(11(13)7-15-16)9-4-3-5-10(14)6-9/h6-8,10H,3-5,14H2,1-2H3. The van der Waals surface area contributed by atoms with Crippen LogP contribution < -0.4 is 5.73 Å². The molecule has 0 saturated heterocycles. The molecule has 1 unspecified atom stereocenters. The fraction of sp³-hybridized carbons (Fsp3) is 0.583. The van der Waals surface area contributed by atoms with Gasteiger partial charge in [0.25, 0.3) is 0 Å². The zero-order chi connectivity index (χ0) is 11.7. The van der Waals surface area contributed by atoms with Gasteiger partial charge in [0.2, 0.25) is 0 Å². The molecule has 1 aliphatic rings. The largest absolute Gasteiger partial charge is 0.324 e. The quantitative estimate of drug-likeness (QED) is 0.862. The van der Waals surface area contributed by atoms with E-state index in [0.29, 0.717) is 6.04 Å². The van der Waals surface area contributed by atoms with Crippen LogP contribution in [0.25, 0.3) is 5.57 Å². The van der Waals surface area contributed by atoms with E-state index >= 15 is 0 Å². The van der Waals surface area contributed by atoms with Crippen LogP contribution in [0.1, 0.15) is 44.8 Å². The van der Waals surface area contributed by atoms with Crippen LogP contribution in [0.2, 0.25) is 5.02 Å². The van der Waals surface area contributed by atoms with Gasteiger partial charge in [-0.15, -0.1) is 0 Å². The summed E-state index contributed by atoms with van der Waals surface area (Å²) in [6.45, 7) is 4.21. The Morgan fingerprint density at radius 2 is 2.31 bits per heavy atom. The van der Waals surface area contributed by atoms with Crippen LogP contribution in [0.5, 0.6) is 0 Å². The number of nitrogens with two attached hydrogens (primary N) is 1. The molecule has 4 heteroatoms. The van der Waals surface area contributed by atoms with Crippen molar-refractivity contribution in [1.29, 1.82) is 0 Å². The molecule has 2 rings (SSSR count). The number of aromatic nitrogens is 2. The maximum atomic E-state index is 6.21. The molecular formula is C12H18ClN3. The average Bonchev–Trinajstić information content (AvgIpc) is 2.60. The summed E-state index contributed by atoms with van der Waals surface area (Å²) in [5, 5.41) is 5.05. The summed E-state index contributed by atoms with van der Waals surface area (Å²) in [6.07, 6.45) is 7.10. The van der Waals surface area contributed by atoms with Crippen molar-refractivity contribution >= 4 is 17.2 Å². The smallest absolute Gasteiger partial charge is 0.0862 e. The van der Waals surface area contributed by atoms with Crippen LogP contribution >= 0.6 is 11.6 Å². The van der Waals surface area contributed by atoms with Crippen molar-refractivity contribution in [2.75, 3.05) is 0 Å². The number of allylic oxidation sites excluding steroid dienone is 1. The van der Waals surface area contributed by atoms with Gasteiger partial charge >= 0.3 is 0 Å². The van der Waals surface area contributed by atoms with E-state index in [0.717, 1.165) is 30.0 Å². The first-order chi connectivity index (χ1) is 7.59. The molecule has 0 bridgehead atoms. The lowest BCUT2D eigenvalue weighted by Crippen LogP contribution is -2.21. The minimum atomic E-state index is 0.162. The number of rotatable bonds is 2. The van der Waals surface area contributed by atoms with E-state index in [9.17, 15) is 0 Å². The Labute approximate surface area is 101 Å². The number of hydrogen-bond donors (Lipinski definition) is 1. The second-order valence-electron chi connectivity index (χ2n) is 4.63. The topological polar surface area (TPSA) is 43.8 Å². The highest BCUT2D eigenvalue weighted by atomic mass is 35.5. The SMILES string of the molecule is CC(C)n1ncc(Cl)c1C1=CC(N)CCC1. The minimum absolute atomic E-state index is 0.162. The molecule has 3 nitrogen and oxygen atoms in total. The number of halogens is 1. The van der Waals surface area contributed by atoms with E-state index in [-0.39, 0.29) is 6.04 Å². The predicted molar refractivity (Wildman–Crippen MR) is 67.4 cm³/mol. The second kappa shape index (κ2) is 4.60. The zero-order valence-electron chi connectivity index (χ0n) is 9.78. The average molecular weight is 240 g/mol. The van der Waals surface area contributed by atoms with E-state index in [1.807, 2.05) is 4.68 Å². The normalized spacial score (nSPS) is 21.3. The summed E-state index contributed by atoms with van der Waals surface area (Å²) in [5.41, 5.74) is 8.25. The maximum Gasteiger partial charge on any atom is 0.0862 e. The molecule has 2 N–H and O–H groups in total. The molecule has 1 heterocycles. The van der Waals surface area contributed by atoms with Gasteiger partial charge in [0.15, 0.2) is 0 Å².